The van der Waals surface area contributed by atoms with Crippen LogP contribution in [0.1, 0.15) is 6.42 Å². The average Bonchev–Trinajstić information content (AvgIpc) is 2.43. The van der Waals surface area contributed by atoms with Gasteiger partial charge in [0.1, 0.15) is 0 Å². The van der Waals surface area contributed by atoms with Crippen molar-refractivity contribution in [1.29, 1.82) is 0 Å². The van der Waals surface area contributed by atoms with E-state index >= 15 is 0 Å². The van der Waals surface area contributed by atoms with Crippen molar-refractivity contribution in [2.24, 2.45) is 11.5 Å². The summed E-state index contributed by atoms with van der Waals surface area (Å²) in [5.41, 5.74) is 11.5. The van der Waals surface area contributed by atoms with E-state index in [9.17, 15) is 9.59 Å². The molecule has 0 aromatic heterocycles. The van der Waals surface area contributed by atoms with E-state index in [0.29, 0.717) is 18.7 Å². The number of amides is 2. The summed E-state index contributed by atoms with van der Waals surface area (Å²) in [6.07, 6.45) is 0.443. The van der Waals surface area contributed by atoms with E-state index in [1.54, 1.807) is 19.2 Å². The van der Waals surface area contributed by atoms with Crippen LogP contribution in [0.3, 0.4) is 0 Å². The summed E-state index contributed by atoms with van der Waals surface area (Å²) in [4.78, 5) is 23.5. The van der Waals surface area contributed by atoms with Crippen LogP contribution in [-0.2, 0) is 14.3 Å². The standard InChI is InChI=1S/C13H19N3O3S/c1-19-7-6-9(14)13(18)16-10-4-2-3-5-11(10)20-8-12(15)17/h2-5,9H,6-8,14H2,1H3,(H2,15,17)(H,16,18). The molecule has 2 amide bonds. The summed E-state index contributed by atoms with van der Waals surface area (Å²) < 4.78 is 4.89. The van der Waals surface area contributed by atoms with Gasteiger partial charge in [0.2, 0.25) is 11.8 Å². The number of ether oxygens (including phenoxy) is 1. The number of nitrogens with one attached hydrogen (secondary N) is 1. The van der Waals surface area contributed by atoms with Gasteiger partial charge in [-0.25, -0.2) is 0 Å². The first kappa shape index (κ1) is 16.5. The molecule has 20 heavy (non-hydrogen) atoms. The highest BCUT2D eigenvalue weighted by molar-refractivity contribution is 8.00. The minimum Gasteiger partial charge on any atom is -0.385 e. The first-order valence-corrected chi connectivity index (χ1v) is 7.08. The zero-order valence-corrected chi connectivity index (χ0v) is 12.1. The molecule has 0 fully saturated rings. The van der Waals surface area contributed by atoms with E-state index in [2.05, 4.69) is 5.32 Å². The molecule has 0 aliphatic heterocycles. The molecule has 5 N–H and O–H groups in total. The number of hydrogen-bond acceptors (Lipinski definition) is 5. The Morgan fingerprint density at radius 1 is 1.40 bits per heavy atom. The number of benzene rings is 1. The van der Waals surface area contributed by atoms with Crippen molar-refractivity contribution in [2.45, 2.75) is 17.4 Å². The molecule has 1 aromatic rings. The molecule has 0 bridgehead atoms. The van der Waals surface area contributed by atoms with Crippen LogP contribution in [0.25, 0.3) is 0 Å². The maximum absolute atomic E-state index is 11.9. The number of carbonyl (C=O) groups excluding carboxylic acids is 2. The molecule has 0 saturated heterocycles. The van der Waals surface area contributed by atoms with Gasteiger partial charge < -0.3 is 21.5 Å². The van der Waals surface area contributed by atoms with Crippen LogP contribution in [0, 0.1) is 0 Å². The Hall–Kier alpha value is -1.57. The van der Waals surface area contributed by atoms with E-state index in [0.717, 1.165) is 4.90 Å². The van der Waals surface area contributed by atoms with E-state index in [1.165, 1.54) is 11.8 Å². The van der Waals surface area contributed by atoms with Gasteiger partial charge in [-0.05, 0) is 18.6 Å². The number of primary amides is 1. The molecular weight excluding hydrogens is 278 g/mol. The van der Waals surface area contributed by atoms with Crippen molar-refractivity contribution in [3.8, 4) is 0 Å². The lowest BCUT2D eigenvalue weighted by atomic mass is 10.2. The second kappa shape index (κ2) is 8.57. The number of hydrogen-bond donors (Lipinski definition) is 3. The fourth-order valence-corrected chi connectivity index (χ4v) is 2.19. The zero-order chi connectivity index (χ0) is 15.0. The minimum atomic E-state index is -0.635. The van der Waals surface area contributed by atoms with Crippen LogP contribution in [0.4, 0.5) is 5.69 Å². The number of anilines is 1. The van der Waals surface area contributed by atoms with Crippen LogP contribution >= 0.6 is 11.8 Å². The molecule has 7 heteroatoms. The van der Waals surface area contributed by atoms with Gasteiger partial charge in [0.05, 0.1) is 17.5 Å². The Balaban J connectivity index is 2.66. The third-order valence-corrected chi connectivity index (χ3v) is 3.58. The molecule has 0 aliphatic rings. The smallest absolute Gasteiger partial charge is 0.241 e. The van der Waals surface area contributed by atoms with Gasteiger partial charge in [-0.3, -0.25) is 9.59 Å². The summed E-state index contributed by atoms with van der Waals surface area (Å²) in [6, 6.07) is 6.55. The summed E-state index contributed by atoms with van der Waals surface area (Å²) in [7, 11) is 1.56. The number of nitrogens with two attached hydrogens (primary N) is 2. The predicted octanol–water partition coefficient (Wildman–Crippen LogP) is 0.566. The number of para-hydroxylation sites is 1. The maximum atomic E-state index is 11.9. The Kier molecular flexibility index (Phi) is 7.06. The lowest BCUT2D eigenvalue weighted by Crippen LogP contribution is -2.36. The summed E-state index contributed by atoms with van der Waals surface area (Å²) in [5, 5.41) is 2.75. The Morgan fingerprint density at radius 3 is 2.75 bits per heavy atom. The van der Waals surface area contributed by atoms with Crippen LogP contribution in [0.5, 0.6) is 0 Å². The maximum Gasteiger partial charge on any atom is 0.241 e. The van der Waals surface area contributed by atoms with E-state index < -0.39 is 11.9 Å². The summed E-state index contributed by atoms with van der Waals surface area (Å²) >= 11 is 1.27. The van der Waals surface area contributed by atoms with E-state index in [4.69, 9.17) is 16.2 Å². The van der Waals surface area contributed by atoms with Gasteiger partial charge in [-0.2, -0.15) is 0 Å². The highest BCUT2D eigenvalue weighted by Gasteiger charge is 2.15. The molecule has 1 unspecified atom stereocenters. The van der Waals surface area contributed by atoms with Crippen LogP contribution in [0.15, 0.2) is 29.2 Å². The fraction of sp³-hybridized carbons (Fsp3) is 0.385. The molecule has 0 spiro atoms. The molecular formula is C13H19N3O3S. The number of thioether (sulfide) groups is 1. The summed E-state index contributed by atoms with van der Waals surface area (Å²) in [6.45, 7) is 0.423. The van der Waals surface area contributed by atoms with Crippen molar-refractivity contribution in [3.63, 3.8) is 0 Å². The van der Waals surface area contributed by atoms with Gasteiger partial charge in [0.15, 0.2) is 0 Å². The monoisotopic (exact) mass is 297 g/mol. The van der Waals surface area contributed by atoms with Gasteiger partial charge >= 0.3 is 0 Å². The Morgan fingerprint density at radius 2 is 2.10 bits per heavy atom. The molecule has 1 atom stereocenters. The second-order valence-electron chi connectivity index (χ2n) is 4.13. The van der Waals surface area contributed by atoms with Crippen LogP contribution in [0.2, 0.25) is 0 Å². The van der Waals surface area contributed by atoms with Crippen molar-refractivity contribution in [3.05, 3.63) is 24.3 Å². The highest BCUT2D eigenvalue weighted by atomic mass is 32.2. The topological polar surface area (TPSA) is 107 Å². The van der Waals surface area contributed by atoms with Gasteiger partial charge in [0, 0.05) is 18.6 Å². The lowest BCUT2D eigenvalue weighted by Gasteiger charge is -2.14. The van der Waals surface area contributed by atoms with Gasteiger partial charge in [-0.15, -0.1) is 11.8 Å². The molecule has 0 radical (unpaired) electrons. The van der Waals surface area contributed by atoms with Crippen molar-refractivity contribution < 1.29 is 14.3 Å². The number of rotatable bonds is 8. The quantitative estimate of drug-likeness (QED) is 0.608. The summed E-state index contributed by atoms with van der Waals surface area (Å²) in [5.74, 6) is -0.537. The first-order chi connectivity index (χ1) is 9.54. The fourth-order valence-electron chi connectivity index (χ4n) is 1.45. The molecule has 1 rings (SSSR count). The third-order valence-electron chi connectivity index (χ3n) is 2.48. The predicted molar refractivity (Wildman–Crippen MR) is 79.5 cm³/mol. The van der Waals surface area contributed by atoms with Gasteiger partial charge in [-0.1, -0.05) is 12.1 Å². The zero-order valence-electron chi connectivity index (χ0n) is 11.3. The first-order valence-electron chi connectivity index (χ1n) is 6.10. The minimum absolute atomic E-state index is 0.155. The van der Waals surface area contributed by atoms with E-state index in [1.807, 2.05) is 12.1 Å². The molecule has 6 nitrogen and oxygen atoms in total. The Bertz CT molecular complexity index is 468. The van der Waals surface area contributed by atoms with Crippen molar-refractivity contribution in [1.82, 2.24) is 0 Å². The SMILES string of the molecule is COCCC(N)C(=O)Nc1ccccc1SCC(N)=O. The van der Waals surface area contributed by atoms with Crippen LogP contribution in [-0.4, -0.2) is 37.3 Å². The highest BCUT2D eigenvalue weighted by Crippen LogP contribution is 2.26. The Labute approximate surface area is 122 Å². The lowest BCUT2D eigenvalue weighted by molar-refractivity contribution is -0.118. The third kappa shape index (κ3) is 5.60. The van der Waals surface area contributed by atoms with Crippen molar-refractivity contribution in [2.75, 3.05) is 24.8 Å². The average molecular weight is 297 g/mol. The largest absolute Gasteiger partial charge is 0.385 e. The van der Waals surface area contributed by atoms with Gasteiger partial charge in [0.25, 0.3) is 0 Å². The second-order valence-corrected chi connectivity index (χ2v) is 5.15. The van der Waals surface area contributed by atoms with Crippen molar-refractivity contribution >= 4 is 29.3 Å². The number of carbonyl (C=O) groups is 2. The molecule has 0 saturated carbocycles. The van der Waals surface area contributed by atoms with Crippen LogP contribution < -0.4 is 16.8 Å². The molecule has 0 heterocycles. The molecule has 0 aliphatic carbocycles. The van der Waals surface area contributed by atoms with E-state index in [-0.39, 0.29) is 11.7 Å². The normalized spacial score (nSPS) is 11.9. The molecule has 1 aromatic carbocycles. The number of methoxy groups -OCH3 is 1. The molecule has 110 valence electrons.